The molecule has 3 N–H and O–H groups in total. The fourth-order valence-electron chi connectivity index (χ4n) is 1.66. The van der Waals surface area contributed by atoms with Crippen molar-refractivity contribution in [3.05, 3.63) is 28.7 Å². The summed E-state index contributed by atoms with van der Waals surface area (Å²) >= 11 is 0. The predicted octanol–water partition coefficient (Wildman–Crippen LogP) is 1.40. The van der Waals surface area contributed by atoms with E-state index in [4.69, 9.17) is 0 Å². The minimum Gasteiger partial charge on any atom is -0.306 e. The Kier molecular flexibility index (Phi) is 3.42. The second-order valence-electron chi connectivity index (χ2n) is 4.11. The van der Waals surface area contributed by atoms with E-state index in [0.29, 0.717) is 23.1 Å². The second kappa shape index (κ2) is 4.85. The van der Waals surface area contributed by atoms with E-state index in [1.54, 1.807) is 18.2 Å². The van der Waals surface area contributed by atoms with E-state index in [2.05, 4.69) is 14.7 Å². The number of H-pyrrole nitrogens is 2. The Bertz CT molecular complexity index is 700. The van der Waals surface area contributed by atoms with Crippen molar-refractivity contribution in [3.8, 4) is 0 Å². The highest BCUT2D eigenvalue weighted by Gasteiger charge is 2.10. The lowest BCUT2D eigenvalue weighted by Crippen LogP contribution is -2.16. The number of fused-ring (bicyclic) bond motifs is 1. The third-order valence-corrected chi connectivity index (χ3v) is 3.93. The van der Waals surface area contributed by atoms with Gasteiger partial charge in [-0.1, -0.05) is 13.3 Å². The van der Waals surface area contributed by atoms with Crippen LogP contribution in [0.1, 0.15) is 19.8 Å². The van der Waals surface area contributed by atoms with Crippen LogP contribution < -0.4 is 10.4 Å². The van der Waals surface area contributed by atoms with Crippen molar-refractivity contribution in [2.75, 3.05) is 10.5 Å². The molecule has 2 aromatic rings. The van der Waals surface area contributed by atoms with E-state index >= 15 is 0 Å². The molecule has 0 aliphatic heterocycles. The molecule has 7 heteroatoms. The molecule has 0 amide bonds. The summed E-state index contributed by atoms with van der Waals surface area (Å²) in [5.74, 6) is 0.102. The third kappa shape index (κ3) is 2.92. The minimum atomic E-state index is -3.31. The predicted molar refractivity (Wildman–Crippen MR) is 71.2 cm³/mol. The maximum atomic E-state index is 11.7. The number of imidazole rings is 1. The first kappa shape index (κ1) is 12.7. The number of unbranched alkanes of at least 4 members (excludes halogenated alkanes) is 1. The average molecular weight is 269 g/mol. The quantitative estimate of drug-likeness (QED) is 0.765. The van der Waals surface area contributed by atoms with E-state index in [-0.39, 0.29) is 11.4 Å². The topological polar surface area (TPSA) is 94.8 Å². The summed E-state index contributed by atoms with van der Waals surface area (Å²) < 4.78 is 25.9. The lowest BCUT2D eigenvalue weighted by atomic mass is 10.3. The van der Waals surface area contributed by atoms with Crippen LogP contribution in [-0.4, -0.2) is 24.1 Å². The highest BCUT2D eigenvalue weighted by Crippen LogP contribution is 2.16. The van der Waals surface area contributed by atoms with E-state index in [9.17, 15) is 13.2 Å². The molecule has 0 aliphatic carbocycles. The lowest BCUT2D eigenvalue weighted by Gasteiger charge is -2.07. The van der Waals surface area contributed by atoms with Crippen LogP contribution in [-0.2, 0) is 10.0 Å². The first-order valence-electron chi connectivity index (χ1n) is 5.73. The van der Waals surface area contributed by atoms with Crippen molar-refractivity contribution >= 4 is 26.7 Å². The Labute approximate surface area is 104 Å². The van der Waals surface area contributed by atoms with Crippen LogP contribution in [0, 0.1) is 0 Å². The van der Waals surface area contributed by atoms with Gasteiger partial charge in [-0.2, -0.15) is 0 Å². The van der Waals surface area contributed by atoms with Gasteiger partial charge in [0.05, 0.1) is 22.5 Å². The maximum absolute atomic E-state index is 11.7. The summed E-state index contributed by atoms with van der Waals surface area (Å²) in [7, 11) is -3.31. The molecule has 0 atom stereocenters. The van der Waals surface area contributed by atoms with Gasteiger partial charge in [-0.05, 0) is 24.6 Å². The number of hydrogen-bond acceptors (Lipinski definition) is 3. The molecule has 1 heterocycles. The largest absolute Gasteiger partial charge is 0.323 e. The van der Waals surface area contributed by atoms with Crippen LogP contribution in [0.2, 0.25) is 0 Å². The molecule has 1 aromatic heterocycles. The fourth-order valence-corrected chi connectivity index (χ4v) is 2.92. The van der Waals surface area contributed by atoms with Gasteiger partial charge in [0.2, 0.25) is 10.0 Å². The Hall–Kier alpha value is -1.76. The van der Waals surface area contributed by atoms with E-state index in [1.807, 2.05) is 6.92 Å². The fraction of sp³-hybridized carbons (Fsp3) is 0.364. The summed E-state index contributed by atoms with van der Waals surface area (Å²) in [6, 6.07) is 4.87. The van der Waals surface area contributed by atoms with Crippen LogP contribution in [0.3, 0.4) is 0 Å². The second-order valence-corrected chi connectivity index (χ2v) is 5.96. The molecule has 18 heavy (non-hydrogen) atoms. The highest BCUT2D eigenvalue weighted by atomic mass is 32.2. The molecule has 1 aromatic carbocycles. The normalized spacial score (nSPS) is 11.8. The zero-order valence-electron chi connectivity index (χ0n) is 9.99. The number of rotatable bonds is 5. The van der Waals surface area contributed by atoms with Gasteiger partial charge in [-0.15, -0.1) is 0 Å². The lowest BCUT2D eigenvalue weighted by molar-refractivity contribution is 0.598. The molecule has 2 rings (SSSR count). The van der Waals surface area contributed by atoms with Crippen LogP contribution in [0.15, 0.2) is 23.0 Å². The van der Waals surface area contributed by atoms with Gasteiger partial charge < -0.3 is 9.97 Å². The summed E-state index contributed by atoms with van der Waals surface area (Å²) in [5.41, 5.74) is 1.37. The van der Waals surface area contributed by atoms with Crippen molar-refractivity contribution in [3.63, 3.8) is 0 Å². The van der Waals surface area contributed by atoms with E-state index < -0.39 is 10.0 Å². The van der Waals surface area contributed by atoms with E-state index in [0.717, 1.165) is 6.42 Å². The van der Waals surface area contributed by atoms with Crippen LogP contribution in [0.25, 0.3) is 11.0 Å². The molecule has 0 saturated heterocycles. The third-order valence-electron chi connectivity index (χ3n) is 2.56. The van der Waals surface area contributed by atoms with Crippen molar-refractivity contribution in [1.29, 1.82) is 0 Å². The van der Waals surface area contributed by atoms with Gasteiger partial charge >= 0.3 is 5.69 Å². The summed E-state index contributed by atoms with van der Waals surface area (Å²) in [4.78, 5) is 16.3. The Balaban J connectivity index is 2.24. The van der Waals surface area contributed by atoms with Gasteiger partial charge in [-0.25, -0.2) is 13.2 Å². The van der Waals surface area contributed by atoms with Crippen molar-refractivity contribution < 1.29 is 8.42 Å². The average Bonchev–Trinajstić information content (AvgIpc) is 2.65. The Morgan fingerprint density at radius 1 is 1.22 bits per heavy atom. The number of aromatic amines is 2. The maximum Gasteiger partial charge on any atom is 0.323 e. The number of benzene rings is 1. The van der Waals surface area contributed by atoms with Gasteiger partial charge in [-0.3, -0.25) is 4.72 Å². The SMILES string of the molecule is CCCCS(=O)(=O)Nc1ccc2[nH]c(=O)[nH]c2c1. The van der Waals surface area contributed by atoms with E-state index in [1.165, 1.54) is 0 Å². The molecule has 6 nitrogen and oxygen atoms in total. The molecule has 0 unspecified atom stereocenters. The first-order valence-corrected chi connectivity index (χ1v) is 7.38. The number of aromatic nitrogens is 2. The number of hydrogen-bond donors (Lipinski definition) is 3. The molecule has 98 valence electrons. The number of anilines is 1. The van der Waals surface area contributed by atoms with Gasteiger partial charge in [0.1, 0.15) is 0 Å². The molecule has 0 fully saturated rings. The zero-order chi connectivity index (χ0) is 13.2. The highest BCUT2D eigenvalue weighted by molar-refractivity contribution is 7.92. The van der Waals surface area contributed by atoms with Gasteiger partial charge in [0.25, 0.3) is 0 Å². The molecule has 0 radical (unpaired) electrons. The van der Waals surface area contributed by atoms with Crippen LogP contribution in [0.5, 0.6) is 0 Å². The number of sulfonamides is 1. The zero-order valence-corrected chi connectivity index (χ0v) is 10.8. The van der Waals surface area contributed by atoms with Gasteiger partial charge in [0.15, 0.2) is 0 Å². The minimum absolute atomic E-state index is 0.102. The standard InChI is InChI=1S/C11H15N3O3S/c1-2-3-6-18(16,17)14-8-4-5-9-10(7-8)13-11(15)12-9/h4-5,7,14H,2-3,6H2,1H3,(H2,12,13,15). The van der Waals surface area contributed by atoms with Crippen molar-refractivity contribution in [2.45, 2.75) is 19.8 Å². The molecular formula is C11H15N3O3S. The van der Waals surface area contributed by atoms with Gasteiger partial charge in [0, 0.05) is 0 Å². The molecule has 0 spiro atoms. The molecular weight excluding hydrogens is 254 g/mol. The first-order chi connectivity index (χ1) is 8.50. The summed E-state index contributed by atoms with van der Waals surface area (Å²) in [5, 5.41) is 0. The monoisotopic (exact) mass is 269 g/mol. The van der Waals surface area contributed by atoms with Crippen LogP contribution >= 0.6 is 0 Å². The molecule has 0 bridgehead atoms. The smallest absolute Gasteiger partial charge is 0.306 e. The summed E-state index contributed by atoms with van der Waals surface area (Å²) in [6.07, 6.45) is 1.45. The Morgan fingerprint density at radius 3 is 2.67 bits per heavy atom. The van der Waals surface area contributed by atoms with Crippen molar-refractivity contribution in [1.82, 2.24) is 9.97 Å². The Morgan fingerprint density at radius 2 is 1.94 bits per heavy atom. The number of nitrogens with one attached hydrogen (secondary N) is 3. The van der Waals surface area contributed by atoms with Crippen LogP contribution in [0.4, 0.5) is 5.69 Å². The van der Waals surface area contributed by atoms with Crippen molar-refractivity contribution in [2.24, 2.45) is 0 Å². The molecule has 0 saturated carbocycles. The molecule has 0 aliphatic rings. The summed E-state index contributed by atoms with van der Waals surface area (Å²) in [6.45, 7) is 1.94.